The minimum Gasteiger partial charge on any atom is -0.497 e. The van der Waals surface area contributed by atoms with Crippen LogP contribution < -0.4 is 14.8 Å². The molecule has 0 spiro atoms. The van der Waals surface area contributed by atoms with Gasteiger partial charge in [0.15, 0.2) is 6.61 Å². The highest BCUT2D eigenvalue weighted by atomic mass is 32.1. The van der Waals surface area contributed by atoms with Gasteiger partial charge < -0.3 is 14.8 Å². The van der Waals surface area contributed by atoms with E-state index in [2.05, 4.69) is 11.4 Å². The Bertz CT molecular complexity index is 769. The molecule has 0 bridgehead atoms. The van der Waals surface area contributed by atoms with Crippen molar-refractivity contribution in [2.75, 3.05) is 19.0 Å². The number of methoxy groups -OCH3 is 1. The molecule has 1 N–H and O–H groups in total. The summed E-state index contributed by atoms with van der Waals surface area (Å²) in [5.41, 5.74) is 1.29. The predicted octanol–water partition coefficient (Wildman–Crippen LogP) is 3.94. The second-order valence-electron chi connectivity index (χ2n) is 6.23. The van der Waals surface area contributed by atoms with Gasteiger partial charge in [0, 0.05) is 6.07 Å². The van der Waals surface area contributed by atoms with Crippen LogP contribution in [0.25, 0.3) is 0 Å². The first-order valence-electron chi connectivity index (χ1n) is 7.44. The van der Waals surface area contributed by atoms with E-state index in [-0.39, 0.29) is 17.9 Å². The van der Waals surface area contributed by atoms with Crippen LogP contribution in [0.5, 0.6) is 11.5 Å². The lowest BCUT2D eigenvalue weighted by atomic mass is 9.86. The highest BCUT2D eigenvalue weighted by molar-refractivity contribution is 7.14. The number of hydrogen-bond donors (Lipinski definition) is 1. The molecule has 0 radical (unpaired) electrons. The van der Waals surface area contributed by atoms with E-state index in [0.29, 0.717) is 22.1 Å². The minimum absolute atomic E-state index is 0.138. The third-order valence-electron chi connectivity index (χ3n) is 3.37. The number of benzene rings is 1. The van der Waals surface area contributed by atoms with Crippen LogP contribution in [0, 0.1) is 11.3 Å². The molecule has 1 amide bonds. The highest BCUT2D eigenvalue weighted by Crippen LogP contribution is 2.35. The van der Waals surface area contributed by atoms with Crippen molar-refractivity contribution in [3.05, 3.63) is 40.8 Å². The SMILES string of the molecule is COc1cccc(OCC(=O)Nc2scc(C(C)(C)C)c2C#N)c1. The predicted molar refractivity (Wildman–Crippen MR) is 94.9 cm³/mol. The second kappa shape index (κ2) is 7.37. The van der Waals surface area contributed by atoms with E-state index in [1.165, 1.54) is 11.3 Å². The number of amides is 1. The summed E-state index contributed by atoms with van der Waals surface area (Å²) in [7, 11) is 1.57. The molecule has 6 heteroatoms. The van der Waals surface area contributed by atoms with Crippen molar-refractivity contribution in [1.82, 2.24) is 0 Å². The molecule has 1 aromatic heterocycles. The fraction of sp³-hybridized carbons (Fsp3) is 0.333. The van der Waals surface area contributed by atoms with Crippen LogP contribution >= 0.6 is 11.3 Å². The molecule has 0 aliphatic rings. The Balaban J connectivity index is 2.03. The van der Waals surface area contributed by atoms with Crippen LogP contribution in [0.4, 0.5) is 5.00 Å². The molecule has 0 atom stereocenters. The van der Waals surface area contributed by atoms with Gasteiger partial charge in [-0.05, 0) is 28.5 Å². The lowest BCUT2D eigenvalue weighted by Crippen LogP contribution is -2.20. The number of hydrogen-bond acceptors (Lipinski definition) is 5. The number of ether oxygens (including phenoxy) is 2. The lowest BCUT2D eigenvalue weighted by molar-refractivity contribution is -0.118. The number of nitrogens with zero attached hydrogens (tertiary/aromatic N) is 1. The fourth-order valence-corrected chi connectivity index (χ4v) is 3.27. The molecule has 0 aliphatic heterocycles. The number of anilines is 1. The zero-order valence-electron chi connectivity index (χ0n) is 14.2. The van der Waals surface area contributed by atoms with E-state index >= 15 is 0 Å². The first-order chi connectivity index (χ1) is 11.3. The summed E-state index contributed by atoms with van der Waals surface area (Å²) in [6.45, 7) is 5.97. The quantitative estimate of drug-likeness (QED) is 0.891. The molecular weight excluding hydrogens is 324 g/mol. The Morgan fingerprint density at radius 1 is 1.33 bits per heavy atom. The topological polar surface area (TPSA) is 71.3 Å². The number of thiophene rings is 1. The summed E-state index contributed by atoms with van der Waals surface area (Å²) in [6, 6.07) is 9.22. The third-order valence-corrected chi connectivity index (χ3v) is 4.27. The third kappa shape index (κ3) is 4.27. The maximum Gasteiger partial charge on any atom is 0.262 e. The largest absolute Gasteiger partial charge is 0.497 e. The van der Waals surface area contributed by atoms with Crippen molar-refractivity contribution in [3.8, 4) is 17.6 Å². The summed E-state index contributed by atoms with van der Waals surface area (Å²) in [4.78, 5) is 12.1. The van der Waals surface area contributed by atoms with E-state index in [4.69, 9.17) is 9.47 Å². The van der Waals surface area contributed by atoms with Gasteiger partial charge in [0.05, 0.1) is 12.7 Å². The molecule has 0 aliphatic carbocycles. The van der Waals surface area contributed by atoms with E-state index < -0.39 is 0 Å². The Morgan fingerprint density at radius 3 is 2.67 bits per heavy atom. The number of carbonyl (C=O) groups excluding carboxylic acids is 1. The first kappa shape index (κ1) is 17.8. The normalized spacial score (nSPS) is 10.8. The van der Waals surface area contributed by atoms with Crippen molar-refractivity contribution < 1.29 is 14.3 Å². The molecule has 2 aromatic rings. The van der Waals surface area contributed by atoms with Crippen LogP contribution in [-0.2, 0) is 10.2 Å². The van der Waals surface area contributed by atoms with Gasteiger partial charge in [-0.2, -0.15) is 5.26 Å². The maximum absolute atomic E-state index is 12.1. The van der Waals surface area contributed by atoms with Gasteiger partial charge in [-0.1, -0.05) is 26.8 Å². The van der Waals surface area contributed by atoms with Crippen molar-refractivity contribution >= 4 is 22.2 Å². The van der Waals surface area contributed by atoms with Gasteiger partial charge in [-0.25, -0.2) is 0 Å². The van der Waals surface area contributed by atoms with E-state index in [0.717, 1.165) is 5.56 Å². The number of nitrogens with one attached hydrogen (secondary N) is 1. The number of nitriles is 1. The molecule has 1 aromatic carbocycles. The smallest absolute Gasteiger partial charge is 0.262 e. The van der Waals surface area contributed by atoms with Crippen molar-refractivity contribution in [2.24, 2.45) is 0 Å². The van der Waals surface area contributed by atoms with Crippen LogP contribution in [-0.4, -0.2) is 19.6 Å². The van der Waals surface area contributed by atoms with Crippen molar-refractivity contribution in [3.63, 3.8) is 0 Å². The molecule has 126 valence electrons. The van der Waals surface area contributed by atoms with Crippen molar-refractivity contribution in [1.29, 1.82) is 5.26 Å². The molecule has 0 unspecified atom stereocenters. The Hall–Kier alpha value is -2.52. The van der Waals surface area contributed by atoms with Crippen LogP contribution in [0.2, 0.25) is 0 Å². The van der Waals surface area contributed by atoms with Crippen LogP contribution in [0.15, 0.2) is 29.6 Å². The van der Waals surface area contributed by atoms with Gasteiger partial charge in [0.1, 0.15) is 22.6 Å². The molecule has 2 rings (SSSR count). The Morgan fingerprint density at radius 2 is 2.04 bits per heavy atom. The zero-order valence-corrected chi connectivity index (χ0v) is 15.0. The van der Waals surface area contributed by atoms with Gasteiger partial charge in [-0.3, -0.25) is 4.79 Å². The highest BCUT2D eigenvalue weighted by Gasteiger charge is 2.23. The molecule has 0 saturated carbocycles. The summed E-state index contributed by atoms with van der Waals surface area (Å²) in [5.74, 6) is 0.899. The standard InChI is InChI=1S/C18H20N2O3S/c1-18(2,3)15-11-24-17(14(15)9-19)20-16(21)10-23-13-7-5-6-12(8-13)22-4/h5-8,11H,10H2,1-4H3,(H,20,21). The van der Waals surface area contributed by atoms with Crippen molar-refractivity contribution in [2.45, 2.75) is 26.2 Å². The van der Waals surface area contributed by atoms with Gasteiger partial charge in [0.25, 0.3) is 5.91 Å². The maximum atomic E-state index is 12.1. The lowest BCUT2D eigenvalue weighted by Gasteiger charge is -2.17. The summed E-state index contributed by atoms with van der Waals surface area (Å²) in [5, 5.41) is 14.6. The number of carbonyl (C=O) groups is 1. The van der Waals surface area contributed by atoms with Gasteiger partial charge in [0.2, 0.25) is 0 Å². The van der Waals surface area contributed by atoms with Crippen LogP contribution in [0.3, 0.4) is 0 Å². The molecule has 0 fully saturated rings. The monoisotopic (exact) mass is 344 g/mol. The summed E-state index contributed by atoms with van der Waals surface area (Å²) in [6.07, 6.45) is 0. The summed E-state index contributed by atoms with van der Waals surface area (Å²) < 4.78 is 10.6. The molecule has 5 nitrogen and oxygen atoms in total. The van der Waals surface area contributed by atoms with Gasteiger partial charge >= 0.3 is 0 Å². The van der Waals surface area contributed by atoms with Gasteiger partial charge in [-0.15, -0.1) is 11.3 Å². The minimum atomic E-state index is -0.309. The number of rotatable bonds is 5. The summed E-state index contributed by atoms with van der Waals surface area (Å²) >= 11 is 1.35. The molecule has 1 heterocycles. The average Bonchev–Trinajstić information content (AvgIpc) is 2.96. The van der Waals surface area contributed by atoms with E-state index in [1.807, 2.05) is 26.2 Å². The van der Waals surface area contributed by atoms with E-state index in [9.17, 15) is 10.1 Å². The average molecular weight is 344 g/mol. The molecular formula is C18H20N2O3S. The first-order valence-corrected chi connectivity index (χ1v) is 8.32. The molecule has 0 saturated heterocycles. The zero-order chi connectivity index (χ0) is 17.7. The fourth-order valence-electron chi connectivity index (χ4n) is 2.12. The Labute approximate surface area is 145 Å². The van der Waals surface area contributed by atoms with E-state index in [1.54, 1.807) is 31.4 Å². The second-order valence-corrected chi connectivity index (χ2v) is 7.11. The van der Waals surface area contributed by atoms with Crippen LogP contribution in [0.1, 0.15) is 31.9 Å². The Kier molecular flexibility index (Phi) is 5.47. The molecule has 24 heavy (non-hydrogen) atoms.